The molecule has 0 saturated carbocycles. The molecule has 0 aliphatic carbocycles. The second-order valence-electron chi connectivity index (χ2n) is 3.70. The van der Waals surface area contributed by atoms with Crippen molar-refractivity contribution in [3.8, 4) is 0 Å². The van der Waals surface area contributed by atoms with Crippen LogP contribution >= 0.6 is 0 Å². The molecule has 2 fully saturated rings. The standard InChI is InChI=1S/C7H13BN2/c1-9-2-6-4-10(8)5-7(6)3-9/h6-7H,2-5H2,1H3. The van der Waals surface area contributed by atoms with Gasteiger partial charge in [0.25, 0.3) is 0 Å². The maximum absolute atomic E-state index is 5.69. The quantitative estimate of drug-likeness (QED) is 0.416. The topological polar surface area (TPSA) is 6.48 Å². The van der Waals surface area contributed by atoms with E-state index in [2.05, 4.69) is 11.9 Å². The second-order valence-corrected chi connectivity index (χ2v) is 3.70. The van der Waals surface area contributed by atoms with E-state index in [4.69, 9.17) is 7.98 Å². The third-order valence-electron chi connectivity index (χ3n) is 2.70. The summed E-state index contributed by atoms with van der Waals surface area (Å²) in [6.45, 7) is 4.71. The first-order chi connectivity index (χ1) is 4.75. The number of hydrogen-bond donors (Lipinski definition) is 0. The maximum Gasteiger partial charge on any atom is 0.182 e. The van der Waals surface area contributed by atoms with E-state index in [-0.39, 0.29) is 0 Å². The van der Waals surface area contributed by atoms with Gasteiger partial charge in [0, 0.05) is 13.1 Å². The molecule has 2 saturated heterocycles. The van der Waals surface area contributed by atoms with Crippen LogP contribution in [0.1, 0.15) is 0 Å². The predicted octanol–water partition coefficient (Wildman–Crippen LogP) is -0.437. The molecular formula is C7H13BN2. The normalized spacial score (nSPS) is 42.5. The zero-order valence-electron chi connectivity index (χ0n) is 6.45. The van der Waals surface area contributed by atoms with E-state index >= 15 is 0 Å². The Hall–Kier alpha value is -0.0151. The average Bonchev–Trinajstić information content (AvgIpc) is 2.21. The van der Waals surface area contributed by atoms with Crippen molar-refractivity contribution in [2.75, 3.05) is 33.2 Å². The lowest BCUT2D eigenvalue weighted by atomic mass is 10.0. The molecule has 2 nitrogen and oxygen atoms in total. The molecule has 3 heteroatoms. The zero-order chi connectivity index (χ0) is 7.14. The lowest BCUT2D eigenvalue weighted by Gasteiger charge is -2.13. The van der Waals surface area contributed by atoms with E-state index in [1.807, 2.05) is 4.81 Å². The van der Waals surface area contributed by atoms with Crippen LogP contribution in [0.25, 0.3) is 0 Å². The Balaban J connectivity index is 2.00. The first-order valence-corrected chi connectivity index (χ1v) is 3.94. The highest BCUT2D eigenvalue weighted by Crippen LogP contribution is 2.28. The Morgan fingerprint density at radius 2 is 1.60 bits per heavy atom. The maximum atomic E-state index is 5.69. The minimum Gasteiger partial charge on any atom is -0.353 e. The summed E-state index contributed by atoms with van der Waals surface area (Å²) in [4.78, 5) is 4.37. The van der Waals surface area contributed by atoms with Gasteiger partial charge < -0.3 is 9.71 Å². The number of hydrogen-bond acceptors (Lipinski definition) is 2. The van der Waals surface area contributed by atoms with Gasteiger partial charge in [0.1, 0.15) is 0 Å². The van der Waals surface area contributed by atoms with E-state index in [9.17, 15) is 0 Å². The largest absolute Gasteiger partial charge is 0.353 e. The Morgan fingerprint density at radius 3 is 2.10 bits per heavy atom. The smallest absolute Gasteiger partial charge is 0.182 e. The van der Waals surface area contributed by atoms with Gasteiger partial charge in [-0.1, -0.05) is 0 Å². The van der Waals surface area contributed by atoms with E-state index in [0.29, 0.717) is 0 Å². The predicted molar refractivity (Wildman–Crippen MR) is 41.8 cm³/mol. The Bertz CT molecular complexity index is 112. The van der Waals surface area contributed by atoms with Crippen molar-refractivity contribution in [3.05, 3.63) is 0 Å². The molecule has 10 heavy (non-hydrogen) atoms. The number of rotatable bonds is 0. The van der Waals surface area contributed by atoms with Gasteiger partial charge >= 0.3 is 0 Å². The van der Waals surface area contributed by atoms with Crippen molar-refractivity contribution in [2.45, 2.75) is 0 Å². The van der Waals surface area contributed by atoms with Gasteiger partial charge in [0.2, 0.25) is 0 Å². The highest BCUT2D eigenvalue weighted by atomic mass is 15.2. The fourth-order valence-electron chi connectivity index (χ4n) is 2.26. The summed E-state index contributed by atoms with van der Waals surface area (Å²) < 4.78 is 0. The monoisotopic (exact) mass is 136 g/mol. The molecule has 0 aromatic carbocycles. The number of nitrogens with zero attached hydrogens (tertiary/aromatic N) is 2. The van der Waals surface area contributed by atoms with Crippen LogP contribution in [0, 0.1) is 11.8 Å². The molecular weight excluding hydrogens is 123 g/mol. The second kappa shape index (κ2) is 2.24. The molecule has 2 heterocycles. The molecule has 0 amide bonds. The van der Waals surface area contributed by atoms with Gasteiger partial charge in [-0.3, -0.25) is 0 Å². The fourth-order valence-corrected chi connectivity index (χ4v) is 2.26. The van der Waals surface area contributed by atoms with Crippen molar-refractivity contribution in [1.29, 1.82) is 0 Å². The van der Waals surface area contributed by atoms with Crippen LogP contribution in [0.3, 0.4) is 0 Å². The van der Waals surface area contributed by atoms with Crippen LogP contribution < -0.4 is 0 Å². The minimum atomic E-state index is 0.856. The highest BCUT2D eigenvalue weighted by Gasteiger charge is 2.36. The molecule has 2 atom stereocenters. The first-order valence-electron chi connectivity index (χ1n) is 3.94. The van der Waals surface area contributed by atoms with Crippen molar-refractivity contribution < 1.29 is 0 Å². The van der Waals surface area contributed by atoms with Crippen LogP contribution in [0.2, 0.25) is 0 Å². The van der Waals surface area contributed by atoms with Gasteiger partial charge in [-0.05, 0) is 32.0 Å². The average molecular weight is 136 g/mol. The molecule has 2 aliphatic rings. The molecule has 2 unspecified atom stereocenters. The Kier molecular flexibility index (Phi) is 1.50. The number of likely N-dealkylation sites (tertiary alicyclic amines) is 1. The SMILES string of the molecule is [B]N1CC2CN(C)CC2C1. The summed E-state index contributed by atoms with van der Waals surface area (Å²) >= 11 is 0. The third kappa shape index (κ3) is 0.975. The van der Waals surface area contributed by atoms with Crippen LogP contribution in [-0.4, -0.2) is 50.9 Å². The van der Waals surface area contributed by atoms with Crippen LogP contribution in [0.5, 0.6) is 0 Å². The van der Waals surface area contributed by atoms with E-state index < -0.39 is 0 Å². The minimum absolute atomic E-state index is 0.856. The summed E-state index contributed by atoms with van der Waals surface area (Å²) in [6.07, 6.45) is 0. The van der Waals surface area contributed by atoms with Gasteiger partial charge in [-0.25, -0.2) is 0 Å². The summed E-state index contributed by atoms with van der Waals surface area (Å²) in [5, 5.41) is 0. The van der Waals surface area contributed by atoms with Crippen molar-refractivity contribution in [2.24, 2.45) is 11.8 Å². The summed E-state index contributed by atoms with van der Waals surface area (Å²) in [6, 6.07) is 0. The van der Waals surface area contributed by atoms with Crippen molar-refractivity contribution in [1.82, 2.24) is 9.71 Å². The van der Waals surface area contributed by atoms with E-state index in [1.54, 1.807) is 0 Å². The Labute approximate surface area is 63.6 Å². The molecule has 54 valence electrons. The van der Waals surface area contributed by atoms with Crippen LogP contribution in [0.15, 0.2) is 0 Å². The van der Waals surface area contributed by atoms with E-state index in [1.165, 1.54) is 13.1 Å². The lowest BCUT2D eigenvalue weighted by Crippen LogP contribution is -2.24. The molecule has 2 radical (unpaired) electrons. The Morgan fingerprint density at radius 1 is 1.10 bits per heavy atom. The van der Waals surface area contributed by atoms with Gasteiger partial charge in [0.05, 0.1) is 0 Å². The lowest BCUT2D eigenvalue weighted by molar-refractivity contribution is 0.356. The van der Waals surface area contributed by atoms with Gasteiger partial charge in [0.15, 0.2) is 7.98 Å². The molecule has 0 bridgehead atoms. The molecule has 0 spiro atoms. The molecule has 2 rings (SSSR count). The number of fused-ring (bicyclic) bond motifs is 1. The van der Waals surface area contributed by atoms with Crippen LogP contribution in [0.4, 0.5) is 0 Å². The van der Waals surface area contributed by atoms with Gasteiger partial charge in [-0.2, -0.15) is 0 Å². The van der Waals surface area contributed by atoms with Gasteiger partial charge in [-0.15, -0.1) is 0 Å². The summed E-state index contributed by atoms with van der Waals surface area (Å²) in [7, 11) is 7.88. The third-order valence-corrected chi connectivity index (χ3v) is 2.70. The molecule has 2 aliphatic heterocycles. The molecule has 0 aromatic heterocycles. The molecule has 0 N–H and O–H groups in total. The van der Waals surface area contributed by atoms with Crippen LogP contribution in [-0.2, 0) is 0 Å². The summed E-state index contributed by atoms with van der Waals surface area (Å²) in [5.41, 5.74) is 0. The molecule has 0 aromatic rings. The zero-order valence-corrected chi connectivity index (χ0v) is 6.45. The van der Waals surface area contributed by atoms with E-state index in [0.717, 1.165) is 24.9 Å². The van der Waals surface area contributed by atoms with Crippen molar-refractivity contribution in [3.63, 3.8) is 0 Å². The first kappa shape index (κ1) is 6.68. The van der Waals surface area contributed by atoms with Crippen molar-refractivity contribution >= 4 is 7.98 Å². The highest BCUT2D eigenvalue weighted by molar-refractivity contribution is 6.04. The summed E-state index contributed by atoms with van der Waals surface area (Å²) in [5.74, 6) is 1.71. The fraction of sp³-hybridized carbons (Fsp3) is 1.00.